The number of hydrogen-bond donors (Lipinski definition) is 2. The van der Waals surface area contributed by atoms with Crippen molar-refractivity contribution < 1.29 is 13.0 Å². The molecule has 0 spiro atoms. The van der Waals surface area contributed by atoms with Gasteiger partial charge in [-0.05, 0) is 15.9 Å². The lowest BCUT2D eigenvalue weighted by molar-refractivity contribution is 0.483. The molecule has 0 aliphatic carbocycles. The molecular weight excluding hydrogens is 248 g/mol. The van der Waals surface area contributed by atoms with Gasteiger partial charge < -0.3 is 5.73 Å². The molecule has 12 heavy (non-hydrogen) atoms. The zero-order valence-corrected chi connectivity index (χ0v) is 8.13. The Kier molecular flexibility index (Phi) is 2.36. The van der Waals surface area contributed by atoms with Crippen LogP contribution in [0.15, 0.2) is 21.8 Å². The molecule has 0 radical (unpaired) electrons. The molecule has 0 bridgehead atoms. The third kappa shape index (κ3) is 1.74. The summed E-state index contributed by atoms with van der Waals surface area (Å²) < 4.78 is 30.2. The van der Waals surface area contributed by atoms with E-state index in [1.54, 1.807) is 0 Å². The molecule has 0 saturated heterocycles. The van der Waals surface area contributed by atoms with Crippen LogP contribution < -0.4 is 5.73 Å². The van der Waals surface area contributed by atoms with E-state index in [2.05, 4.69) is 20.9 Å². The minimum Gasteiger partial charge on any atom is -0.397 e. The van der Waals surface area contributed by atoms with Gasteiger partial charge in [-0.2, -0.15) is 8.42 Å². The molecule has 0 aliphatic heterocycles. The smallest absolute Gasteiger partial charge is 0.298 e. The largest absolute Gasteiger partial charge is 0.397 e. The summed E-state index contributed by atoms with van der Waals surface area (Å²) in [7, 11) is -4.27. The summed E-state index contributed by atoms with van der Waals surface area (Å²) in [5.41, 5.74) is 5.29. The van der Waals surface area contributed by atoms with Crippen LogP contribution in [0.3, 0.4) is 0 Å². The van der Waals surface area contributed by atoms with Crippen molar-refractivity contribution in [2.45, 2.75) is 4.90 Å². The van der Waals surface area contributed by atoms with Crippen molar-refractivity contribution in [2.24, 2.45) is 0 Å². The Morgan fingerprint density at radius 2 is 2.08 bits per heavy atom. The molecule has 5 nitrogen and oxygen atoms in total. The molecule has 0 atom stereocenters. The Bertz CT molecular complexity index is 403. The molecule has 0 unspecified atom stereocenters. The van der Waals surface area contributed by atoms with E-state index < -0.39 is 15.0 Å². The zero-order valence-electron chi connectivity index (χ0n) is 5.73. The number of pyridine rings is 1. The summed E-state index contributed by atoms with van der Waals surface area (Å²) in [4.78, 5) is 3.15. The van der Waals surface area contributed by atoms with Crippen LogP contribution >= 0.6 is 15.9 Å². The Hall–Kier alpha value is -0.660. The Morgan fingerprint density at radius 3 is 2.50 bits per heavy atom. The standard InChI is InChI=1S/C5H5BrN2O3S/c6-3-1-8-2-4(5(3)7)12(9,10)11/h1-2H,(H2,7,8)(H,9,10,11). The average molecular weight is 253 g/mol. The van der Waals surface area contributed by atoms with E-state index in [4.69, 9.17) is 10.3 Å². The van der Waals surface area contributed by atoms with Gasteiger partial charge in [0.05, 0.1) is 16.4 Å². The highest BCUT2D eigenvalue weighted by Gasteiger charge is 2.15. The maximum Gasteiger partial charge on any atom is 0.298 e. The van der Waals surface area contributed by atoms with Crippen LogP contribution in [0, 0.1) is 0 Å². The molecule has 0 amide bonds. The number of aromatic nitrogens is 1. The fourth-order valence-corrected chi connectivity index (χ4v) is 1.68. The number of nitrogens with two attached hydrogens (primary N) is 1. The quantitative estimate of drug-likeness (QED) is 0.717. The van der Waals surface area contributed by atoms with Crippen molar-refractivity contribution in [3.05, 3.63) is 16.9 Å². The summed E-state index contributed by atoms with van der Waals surface area (Å²) >= 11 is 2.98. The molecule has 1 aromatic rings. The summed E-state index contributed by atoms with van der Waals surface area (Å²) in [6.07, 6.45) is 2.32. The van der Waals surface area contributed by atoms with Crippen molar-refractivity contribution in [3.8, 4) is 0 Å². The number of nitrogen functional groups attached to an aromatic ring is 1. The zero-order chi connectivity index (χ0) is 9.35. The Morgan fingerprint density at radius 1 is 1.50 bits per heavy atom. The molecule has 1 rings (SSSR count). The van der Waals surface area contributed by atoms with Crippen LogP contribution in [0.1, 0.15) is 0 Å². The molecule has 0 aliphatic rings. The van der Waals surface area contributed by atoms with Gasteiger partial charge in [-0.25, -0.2) is 0 Å². The SMILES string of the molecule is Nc1c(Br)cncc1S(=O)(=O)O. The maximum atomic E-state index is 10.6. The van der Waals surface area contributed by atoms with Gasteiger partial charge in [-0.15, -0.1) is 0 Å². The molecule has 66 valence electrons. The maximum absolute atomic E-state index is 10.6. The Balaban J connectivity index is 3.47. The second-order valence-electron chi connectivity index (χ2n) is 2.01. The second-order valence-corrected chi connectivity index (χ2v) is 4.25. The highest BCUT2D eigenvalue weighted by molar-refractivity contribution is 9.10. The van der Waals surface area contributed by atoms with Gasteiger partial charge in [0.2, 0.25) is 0 Å². The lowest BCUT2D eigenvalue weighted by Gasteiger charge is -2.01. The van der Waals surface area contributed by atoms with E-state index >= 15 is 0 Å². The second kappa shape index (κ2) is 3.00. The monoisotopic (exact) mass is 252 g/mol. The fourth-order valence-electron chi connectivity index (χ4n) is 0.633. The van der Waals surface area contributed by atoms with Gasteiger partial charge in [0.15, 0.2) is 0 Å². The van der Waals surface area contributed by atoms with Crippen LogP contribution in [-0.4, -0.2) is 18.0 Å². The predicted octanol–water partition coefficient (Wildman–Crippen LogP) is 0.673. The van der Waals surface area contributed by atoms with Crippen LogP contribution in [0.2, 0.25) is 0 Å². The highest BCUT2D eigenvalue weighted by Crippen LogP contribution is 2.24. The van der Waals surface area contributed by atoms with Crippen molar-refractivity contribution in [2.75, 3.05) is 5.73 Å². The first-order valence-electron chi connectivity index (χ1n) is 2.79. The van der Waals surface area contributed by atoms with Crippen molar-refractivity contribution >= 4 is 31.7 Å². The molecule has 3 N–H and O–H groups in total. The molecule has 0 aromatic carbocycles. The van der Waals surface area contributed by atoms with Gasteiger partial charge >= 0.3 is 0 Å². The van der Waals surface area contributed by atoms with Crippen LogP contribution in [0.5, 0.6) is 0 Å². The van der Waals surface area contributed by atoms with Gasteiger partial charge in [-0.3, -0.25) is 9.54 Å². The first-order valence-corrected chi connectivity index (χ1v) is 5.02. The van der Waals surface area contributed by atoms with Gasteiger partial charge in [0.25, 0.3) is 10.1 Å². The molecule has 1 aromatic heterocycles. The lowest BCUT2D eigenvalue weighted by Crippen LogP contribution is -2.04. The van der Waals surface area contributed by atoms with E-state index in [0.717, 1.165) is 6.20 Å². The predicted molar refractivity (Wildman–Crippen MR) is 46.2 cm³/mol. The van der Waals surface area contributed by atoms with Crippen LogP contribution in [0.25, 0.3) is 0 Å². The van der Waals surface area contributed by atoms with Crippen molar-refractivity contribution in [1.29, 1.82) is 0 Å². The van der Waals surface area contributed by atoms with Gasteiger partial charge in [0, 0.05) is 6.20 Å². The summed E-state index contributed by atoms with van der Waals surface area (Å²) in [5, 5.41) is 0. The first kappa shape index (κ1) is 9.43. The minimum absolute atomic E-state index is 0.0486. The van der Waals surface area contributed by atoms with Crippen molar-refractivity contribution in [3.63, 3.8) is 0 Å². The molecule has 0 saturated carbocycles. The van der Waals surface area contributed by atoms with E-state index in [1.165, 1.54) is 6.20 Å². The number of hydrogen-bond acceptors (Lipinski definition) is 4. The number of halogens is 1. The average Bonchev–Trinajstić information content (AvgIpc) is 1.92. The third-order valence-electron chi connectivity index (χ3n) is 1.18. The van der Waals surface area contributed by atoms with E-state index in [9.17, 15) is 8.42 Å². The molecular formula is C5H5BrN2O3S. The highest BCUT2D eigenvalue weighted by atomic mass is 79.9. The summed E-state index contributed by atoms with van der Waals surface area (Å²) in [6.45, 7) is 0. The van der Waals surface area contributed by atoms with E-state index in [-0.39, 0.29) is 5.69 Å². The normalized spacial score (nSPS) is 11.5. The number of rotatable bonds is 1. The minimum atomic E-state index is -4.27. The lowest BCUT2D eigenvalue weighted by atomic mass is 10.4. The topological polar surface area (TPSA) is 93.3 Å². The first-order chi connectivity index (χ1) is 5.43. The third-order valence-corrected chi connectivity index (χ3v) is 2.69. The number of anilines is 1. The van der Waals surface area contributed by atoms with E-state index in [1.807, 2.05) is 0 Å². The van der Waals surface area contributed by atoms with Gasteiger partial charge in [0.1, 0.15) is 4.90 Å². The summed E-state index contributed by atoms with van der Waals surface area (Å²) in [5.74, 6) is 0. The van der Waals surface area contributed by atoms with E-state index in [0.29, 0.717) is 4.47 Å². The molecule has 0 fully saturated rings. The van der Waals surface area contributed by atoms with Crippen molar-refractivity contribution in [1.82, 2.24) is 4.98 Å². The van der Waals surface area contributed by atoms with Crippen LogP contribution in [-0.2, 0) is 10.1 Å². The Labute approximate surface area is 77.5 Å². The van der Waals surface area contributed by atoms with Gasteiger partial charge in [-0.1, -0.05) is 0 Å². The molecule has 7 heteroatoms. The fraction of sp³-hybridized carbons (Fsp3) is 0. The number of nitrogens with zero attached hydrogens (tertiary/aromatic N) is 1. The van der Waals surface area contributed by atoms with Crippen LogP contribution in [0.4, 0.5) is 5.69 Å². The molecule has 1 heterocycles. The summed E-state index contributed by atoms with van der Waals surface area (Å²) in [6, 6.07) is 0.